The summed E-state index contributed by atoms with van der Waals surface area (Å²) in [4.78, 5) is 19.1. The Bertz CT molecular complexity index is 1510. The first-order valence-electron chi connectivity index (χ1n) is 11.8. The van der Waals surface area contributed by atoms with Crippen LogP contribution in [0, 0.1) is 12.8 Å². The van der Waals surface area contributed by atoms with Gasteiger partial charge in [0.15, 0.2) is 5.69 Å². The molecule has 4 aromatic rings. The molecule has 1 unspecified atom stereocenters. The molecule has 8 heteroatoms. The topological polar surface area (TPSA) is 56.6 Å². The van der Waals surface area contributed by atoms with Crippen LogP contribution in [0.2, 0.25) is 0 Å². The van der Waals surface area contributed by atoms with Gasteiger partial charge in [0.05, 0.1) is 17.1 Å². The average Bonchev–Trinajstić information content (AvgIpc) is 3.34. The molecule has 2 aromatic carbocycles. The van der Waals surface area contributed by atoms with Crippen molar-refractivity contribution in [2.75, 3.05) is 0 Å². The van der Waals surface area contributed by atoms with Gasteiger partial charge in [-0.3, -0.25) is 9.48 Å². The van der Waals surface area contributed by atoms with Crippen LogP contribution in [-0.2, 0) is 7.05 Å². The molecule has 180 valence electrons. The molecule has 5 rings (SSSR count). The Morgan fingerprint density at radius 2 is 1.83 bits per heavy atom. The molecule has 1 aliphatic carbocycles. The van der Waals surface area contributed by atoms with Crippen molar-refractivity contribution >= 4 is 38.7 Å². The summed E-state index contributed by atoms with van der Waals surface area (Å²) in [6, 6.07) is 17.9. The highest BCUT2D eigenvalue weighted by Crippen LogP contribution is 2.26. The van der Waals surface area contributed by atoms with E-state index in [4.69, 9.17) is 10.1 Å². The Kier molecular flexibility index (Phi) is 6.75. The smallest absolute Gasteiger partial charge is 0.283 e. The number of para-hydroxylation sites is 1. The molecular formula is C27H28BrN5OS. The van der Waals surface area contributed by atoms with Crippen molar-refractivity contribution < 1.29 is 0 Å². The van der Waals surface area contributed by atoms with E-state index in [1.54, 1.807) is 4.68 Å². The SMILES string of the molecule is Cc1c(N=c2scc(-c3ccc(Br)cc3)n2N=C2CCCC(C)C2)c(=O)n(-c2ccccc2)n1C. The Morgan fingerprint density at radius 3 is 2.54 bits per heavy atom. The third kappa shape index (κ3) is 4.77. The predicted molar refractivity (Wildman–Crippen MR) is 147 cm³/mol. The van der Waals surface area contributed by atoms with Gasteiger partial charge in [0.2, 0.25) is 4.80 Å². The number of benzene rings is 2. The minimum atomic E-state index is -0.139. The van der Waals surface area contributed by atoms with Crippen LogP contribution in [0.1, 0.15) is 38.3 Å². The number of halogens is 1. The standard InChI is InChI=1S/C27H28BrN5OS/c1-18-8-7-9-22(16-18)30-32-24(20-12-14-21(28)15-13-20)17-35-27(32)29-25-19(2)31(3)33(26(25)34)23-10-5-4-6-11-23/h4-6,10-15,17-18H,7-9,16H2,1-3H3. The van der Waals surface area contributed by atoms with Gasteiger partial charge in [-0.15, -0.1) is 11.3 Å². The molecule has 1 fully saturated rings. The van der Waals surface area contributed by atoms with E-state index >= 15 is 0 Å². The first kappa shape index (κ1) is 23.8. The van der Waals surface area contributed by atoms with Gasteiger partial charge in [-0.05, 0) is 62.8 Å². The van der Waals surface area contributed by atoms with Crippen LogP contribution in [-0.4, -0.2) is 19.8 Å². The zero-order valence-electron chi connectivity index (χ0n) is 20.1. The van der Waals surface area contributed by atoms with E-state index in [0.29, 0.717) is 16.4 Å². The van der Waals surface area contributed by atoms with Crippen LogP contribution in [0.5, 0.6) is 0 Å². The summed E-state index contributed by atoms with van der Waals surface area (Å²) in [5, 5.41) is 7.17. The molecule has 0 bridgehead atoms. The lowest BCUT2D eigenvalue weighted by Crippen LogP contribution is -2.20. The fourth-order valence-corrected chi connectivity index (χ4v) is 5.66. The van der Waals surface area contributed by atoms with Crippen LogP contribution in [0.25, 0.3) is 16.9 Å². The Labute approximate surface area is 217 Å². The second kappa shape index (κ2) is 9.95. The lowest BCUT2D eigenvalue weighted by molar-refractivity contribution is 0.497. The summed E-state index contributed by atoms with van der Waals surface area (Å²) < 4.78 is 6.48. The third-order valence-corrected chi connectivity index (χ3v) is 7.89. The lowest BCUT2D eigenvalue weighted by atomic mass is 9.89. The van der Waals surface area contributed by atoms with E-state index in [-0.39, 0.29) is 5.56 Å². The average molecular weight is 551 g/mol. The predicted octanol–water partition coefficient (Wildman–Crippen LogP) is 6.42. The highest BCUT2D eigenvalue weighted by molar-refractivity contribution is 9.10. The quantitative estimate of drug-likeness (QED) is 0.289. The van der Waals surface area contributed by atoms with Gasteiger partial charge in [-0.2, -0.15) is 5.10 Å². The minimum absolute atomic E-state index is 0.139. The molecule has 2 aromatic heterocycles. The molecule has 1 atom stereocenters. The molecule has 0 aliphatic heterocycles. The number of nitrogens with zero attached hydrogens (tertiary/aromatic N) is 5. The Morgan fingerprint density at radius 1 is 1.09 bits per heavy atom. The van der Waals surface area contributed by atoms with Crippen LogP contribution in [0.3, 0.4) is 0 Å². The van der Waals surface area contributed by atoms with E-state index < -0.39 is 0 Å². The molecule has 0 spiro atoms. The zero-order chi connectivity index (χ0) is 24.5. The fraction of sp³-hybridized carbons (Fsp3) is 0.296. The summed E-state index contributed by atoms with van der Waals surface area (Å²) in [5.41, 5.74) is 5.15. The number of thiazole rings is 1. The van der Waals surface area contributed by atoms with E-state index in [0.717, 1.165) is 46.4 Å². The summed E-state index contributed by atoms with van der Waals surface area (Å²) >= 11 is 5.03. The number of hydrogen-bond donors (Lipinski definition) is 0. The highest BCUT2D eigenvalue weighted by Gasteiger charge is 2.18. The maximum atomic E-state index is 13.5. The fourth-order valence-electron chi connectivity index (χ4n) is 4.56. The minimum Gasteiger partial charge on any atom is -0.283 e. The molecule has 35 heavy (non-hydrogen) atoms. The molecule has 1 saturated carbocycles. The summed E-state index contributed by atoms with van der Waals surface area (Å²) in [7, 11) is 1.89. The monoisotopic (exact) mass is 549 g/mol. The van der Waals surface area contributed by atoms with Crippen LogP contribution in [0.4, 0.5) is 5.69 Å². The van der Waals surface area contributed by atoms with E-state index in [1.165, 1.54) is 23.5 Å². The second-order valence-electron chi connectivity index (χ2n) is 9.11. The first-order valence-corrected chi connectivity index (χ1v) is 13.5. The van der Waals surface area contributed by atoms with Gasteiger partial charge in [0.25, 0.3) is 5.56 Å². The molecule has 2 heterocycles. The van der Waals surface area contributed by atoms with Crippen LogP contribution >= 0.6 is 27.3 Å². The van der Waals surface area contributed by atoms with Crippen molar-refractivity contribution in [3.8, 4) is 16.9 Å². The summed E-state index contributed by atoms with van der Waals surface area (Å²) in [6.07, 6.45) is 4.39. The van der Waals surface area contributed by atoms with Gasteiger partial charge in [0.1, 0.15) is 0 Å². The largest absolute Gasteiger partial charge is 0.297 e. The molecular weight excluding hydrogens is 522 g/mol. The van der Waals surface area contributed by atoms with Crippen LogP contribution in [0.15, 0.2) is 79.3 Å². The first-order chi connectivity index (χ1) is 16.9. The zero-order valence-corrected chi connectivity index (χ0v) is 22.5. The van der Waals surface area contributed by atoms with Gasteiger partial charge < -0.3 is 0 Å². The summed E-state index contributed by atoms with van der Waals surface area (Å²) in [6.45, 7) is 4.22. The Hall–Kier alpha value is -2.97. The Balaban J connectivity index is 1.70. The van der Waals surface area contributed by atoms with Gasteiger partial charge in [-0.25, -0.2) is 14.4 Å². The van der Waals surface area contributed by atoms with Crippen molar-refractivity contribution in [1.82, 2.24) is 14.0 Å². The maximum Gasteiger partial charge on any atom is 0.297 e. The number of rotatable bonds is 4. The third-order valence-electron chi connectivity index (χ3n) is 6.54. The molecule has 0 saturated heterocycles. The maximum absolute atomic E-state index is 13.5. The normalized spacial score (nSPS) is 17.9. The molecule has 0 amide bonds. The summed E-state index contributed by atoms with van der Waals surface area (Å²) in [5.74, 6) is 0.632. The van der Waals surface area contributed by atoms with E-state index in [1.807, 2.05) is 65.8 Å². The highest BCUT2D eigenvalue weighted by atomic mass is 79.9. The van der Waals surface area contributed by atoms with Crippen molar-refractivity contribution in [3.05, 3.63) is 85.3 Å². The molecule has 0 N–H and O–H groups in total. The van der Waals surface area contributed by atoms with E-state index in [2.05, 4.69) is 40.4 Å². The van der Waals surface area contributed by atoms with Gasteiger partial charge in [0, 0.05) is 28.2 Å². The lowest BCUT2D eigenvalue weighted by Gasteiger charge is -2.19. The number of hydrogen-bond acceptors (Lipinski definition) is 4. The van der Waals surface area contributed by atoms with Crippen LogP contribution < -0.4 is 10.4 Å². The number of aromatic nitrogens is 3. The van der Waals surface area contributed by atoms with Crippen molar-refractivity contribution in [2.24, 2.45) is 23.1 Å². The van der Waals surface area contributed by atoms with Gasteiger partial charge in [-0.1, -0.05) is 53.2 Å². The van der Waals surface area contributed by atoms with E-state index in [9.17, 15) is 4.79 Å². The van der Waals surface area contributed by atoms with Gasteiger partial charge >= 0.3 is 0 Å². The van der Waals surface area contributed by atoms with Crippen molar-refractivity contribution in [3.63, 3.8) is 0 Å². The molecule has 1 aliphatic rings. The molecule has 0 radical (unpaired) electrons. The molecule has 6 nitrogen and oxygen atoms in total. The van der Waals surface area contributed by atoms with Crippen molar-refractivity contribution in [2.45, 2.75) is 39.5 Å². The van der Waals surface area contributed by atoms with Crippen molar-refractivity contribution in [1.29, 1.82) is 0 Å². The second-order valence-corrected chi connectivity index (χ2v) is 10.9.